The molecule has 0 aromatic rings. The second-order valence-electron chi connectivity index (χ2n) is 5.81. The number of alkyl halides is 18. The van der Waals surface area contributed by atoms with E-state index in [1.807, 2.05) is 0 Å². The minimum absolute atomic E-state index is 0. The van der Waals surface area contributed by atoms with Gasteiger partial charge in [0.2, 0.25) is 0 Å². The predicted molar refractivity (Wildman–Crippen MR) is 99.7 cm³/mol. The van der Waals surface area contributed by atoms with Crippen molar-refractivity contribution in [3.8, 4) is 0 Å². The fraction of sp³-hybridized carbons (Fsp3) is 1.00. The number of nitrogens with zero attached hydrogens (tertiary/aromatic N) is 2. The van der Waals surface area contributed by atoms with Gasteiger partial charge in [0.05, 0.1) is 0 Å². The molecule has 0 aliphatic rings. The fourth-order valence-electron chi connectivity index (χ4n) is 0.666. The zero-order chi connectivity index (χ0) is 38.1. The zero-order valence-corrected chi connectivity index (χ0v) is 27.1. The van der Waals surface area contributed by atoms with Crippen LogP contribution in [0.15, 0.2) is 0 Å². The van der Waals surface area contributed by atoms with Crippen molar-refractivity contribution in [2.24, 2.45) is 0 Å². The van der Waals surface area contributed by atoms with Gasteiger partial charge in [-0.2, -0.15) is 79.0 Å². The van der Waals surface area contributed by atoms with E-state index in [0.29, 0.717) is 0 Å². The third-order valence-corrected chi connectivity index (χ3v) is 10.8. The summed E-state index contributed by atoms with van der Waals surface area (Å²) in [6, 6.07) is 0. The molecule has 0 amide bonds. The van der Waals surface area contributed by atoms with E-state index < -0.39 is 97.3 Å². The summed E-state index contributed by atoms with van der Waals surface area (Å²) in [5, 5.41) is 0. The Morgan fingerprint density at radius 1 is 0.304 bits per heavy atom. The average Bonchev–Trinajstić information content (AvgIpc) is 2.61. The van der Waals surface area contributed by atoms with Gasteiger partial charge in [-0.15, -0.1) is 0 Å². The van der Waals surface area contributed by atoms with E-state index in [1.165, 1.54) is 0 Å². The van der Waals surface area contributed by atoms with E-state index in [1.54, 1.807) is 0 Å². The molecule has 0 radical (unpaired) electrons. The summed E-state index contributed by atoms with van der Waals surface area (Å²) in [4.78, 5) is 0. The van der Waals surface area contributed by atoms with E-state index in [-0.39, 0.29) is 19.5 Å². The topological polar surface area (TPSA) is 245 Å². The van der Waals surface area contributed by atoms with Gasteiger partial charge in [-0.25, -0.2) is 50.5 Å². The van der Waals surface area contributed by atoms with E-state index in [4.69, 9.17) is 0 Å². The van der Waals surface area contributed by atoms with Crippen molar-refractivity contribution in [2.45, 2.75) is 33.0 Å². The number of sulfonamides is 6. The van der Waals surface area contributed by atoms with Crippen LogP contribution in [0.5, 0.6) is 0 Å². The summed E-state index contributed by atoms with van der Waals surface area (Å²) in [6.45, 7) is 0. The van der Waals surface area contributed by atoms with Crippen LogP contribution in [0.1, 0.15) is 0 Å². The average molecular weight is 907 g/mol. The first kappa shape index (κ1) is 51.8. The van der Waals surface area contributed by atoms with Gasteiger partial charge >= 0.3 is 72.6 Å². The molecule has 0 heterocycles. The van der Waals surface area contributed by atoms with Crippen LogP contribution in [0.4, 0.5) is 79.0 Å². The van der Waals surface area contributed by atoms with Crippen molar-refractivity contribution in [3.63, 3.8) is 0 Å². The van der Waals surface area contributed by atoms with E-state index >= 15 is 0 Å². The van der Waals surface area contributed by atoms with Gasteiger partial charge in [0, 0.05) is 0 Å². The maximum Gasteiger partial charge on any atom is 2.00 e. The summed E-state index contributed by atoms with van der Waals surface area (Å²) in [5.74, 6) is 0. The van der Waals surface area contributed by atoms with Gasteiger partial charge in [0.15, 0.2) is 40.1 Å². The largest absolute Gasteiger partial charge is 2.00 e. The molecule has 0 aromatic heterocycles. The van der Waals surface area contributed by atoms with Crippen molar-refractivity contribution in [1.29, 1.82) is 0 Å². The second-order valence-corrected chi connectivity index (χ2v) is 16.3. The fourth-order valence-corrected chi connectivity index (χ4v) is 6.00. The van der Waals surface area contributed by atoms with Crippen molar-refractivity contribution in [2.75, 3.05) is 0 Å². The van der Waals surface area contributed by atoms with Crippen molar-refractivity contribution >= 4 is 60.1 Å². The van der Waals surface area contributed by atoms with Crippen LogP contribution in [0.3, 0.4) is 0 Å². The molecule has 0 bridgehead atoms. The Hall–Kier alpha value is -1.06. The second kappa shape index (κ2) is 14.8. The van der Waals surface area contributed by atoms with Gasteiger partial charge in [-0.3, -0.25) is 0 Å². The number of halogens is 18. The molecular weight excluding hydrogens is 906 g/mol. The SMILES string of the molecule is O=S(=O)(NS(=O)(=O)C(F)(F)F)C(F)(F)F.O=S(=O)([N-]S(=O)(=O)C(F)(F)F)C(F)(F)F.O=S(=O)([N-]S(=O)(=O)C(F)(F)F)C(F)(F)F.[Zn+2]. The van der Waals surface area contributed by atoms with Crippen molar-refractivity contribution in [3.05, 3.63) is 8.25 Å². The standard InChI is InChI=1S/C2HF6NO4S2.2C2F6NO4S2.Zn/c3*3-1(4,5)14(10,11)9-15(12,13)2(6,7)8;/h9H;;;/q;2*-1;+2. The number of hydrogen-bond acceptors (Lipinski definition) is 12. The maximum atomic E-state index is 11.5. The van der Waals surface area contributed by atoms with Crippen LogP contribution in [-0.2, 0) is 79.6 Å². The molecule has 15 nitrogen and oxygen atoms in total. The maximum absolute atomic E-state index is 11.5. The Bertz CT molecular complexity index is 1370. The molecule has 276 valence electrons. The number of hydrogen-bond donors (Lipinski definition) is 1. The summed E-state index contributed by atoms with van der Waals surface area (Å²) >= 11 is 0. The van der Waals surface area contributed by atoms with Crippen LogP contribution >= 0.6 is 0 Å². The molecule has 0 rings (SSSR count). The van der Waals surface area contributed by atoms with Gasteiger partial charge in [-0.05, 0) is 0 Å². The minimum Gasteiger partial charge on any atom is -0.421 e. The minimum atomic E-state index is -6.72. The molecule has 1 N–H and O–H groups in total. The van der Waals surface area contributed by atoms with E-state index in [0.717, 1.165) is 8.25 Å². The van der Waals surface area contributed by atoms with Gasteiger partial charge in [0.1, 0.15) is 0 Å². The molecule has 46 heavy (non-hydrogen) atoms. The van der Waals surface area contributed by atoms with Crippen molar-refractivity contribution in [1.82, 2.24) is 4.13 Å². The quantitative estimate of drug-likeness (QED) is 0.298. The van der Waals surface area contributed by atoms with Gasteiger partial charge in [0.25, 0.3) is 0 Å². The van der Waals surface area contributed by atoms with Crippen LogP contribution in [0.25, 0.3) is 8.25 Å². The number of rotatable bonds is 6. The molecule has 0 saturated heterocycles. The third-order valence-electron chi connectivity index (χ3n) is 2.39. The normalized spacial score (nSPS) is 15.0. The Morgan fingerprint density at radius 3 is 0.522 bits per heavy atom. The van der Waals surface area contributed by atoms with Gasteiger partial charge < -0.3 is 8.25 Å². The molecular formula is C6HF18N3O12S6Zn. The van der Waals surface area contributed by atoms with E-state index in [2.05, 4.69) is 0 Å². The molecule has 40 heteroatoms. The number of nitrogens with one attached hydrogen (secondary N) is 1. The third kappa shape index (κ3) is 15.0. The molecule has 0 aliphatic carbocycles. The van der Waals surface area contributed by atoms with E-state index in [9.17, 15) is 130 Å². The van der Waals surface area contributed by atoms with Crippen LogP contribution < -0.4 is 4.13 Å². The Balaban J connectivity index is -0.000000285. The molecule has 0 saturated carbocycles. The molecule has 0 unspecified atom stereocenters. The first-order valence-electron chi connectivity index (χ1n) is 7.76. The monoisotopic (exact) mass is 905 g/mol. The van der Waals surface area contributed by atoms with Crippen LogP contribution in [-0.4, -0.2) is 83.6 Å². The first-order chi connectivity index (χ1) is 18.6. The summed E-state index contributed by atoms with van der Waals surface area (Å²) in [7, 11) is -40.1. The molecule has 0 aromatic carbocycles. The molecule has 0 atom stereocenters. The Kier molecular flexibility index (Phi) is 16.7. The van der Waals surface area contributed by atoms with Crippen molar-refractivity contribution < 1.29 is 149 Å². The Labute approximate surface area is 254 Å². The molecule has 0 spiro atoms. The first-order valence-corrected chi connectivity index (χ1v) is 16.5. The summed E-state index contributed by atoms with van der Waals surface area (Å²) in [5.41, 5.74) is -37.1. The van der Waals surface area contributed by atoms with Crippen LogP contribution in [0.2, 0.25) is 0 Å². The van der Waals surface area contributed by atoms with Crippen LogP contribution in [0, 0.1) is 0 Å². The summed E-state index contributed by atoms with van der Waals surface area (Å²) < 4.78 is 327. The predicted octanol–water partition coefficient (Wildman–Crippen LogP) is 2.39. The molecule has 0 aliphatic heterocycles. The molecule has 0 fully saturated rings. The smallest absolute Gasteiger partial charge is 0.421 e. The summed E-state index contributed by atoms with van der Waals surface area (Å²) in [6.07, 6.45) is 0. The van der Waals surface area contributed by atoms with Gasteiger partial charge in [-0.1, -0.05) is 4.13 Å². The Morgan fingerprint density at radius 2 is 0.435 bits per heavy atom. The zero-order valence-electron chi connectivity index (χ0n) is 19.3.